The van der Waals surface area contributed by atoms with Crippen LogP contribution in [0.15, 0.2) is 61.2 Å². The third-order valence-electron chi connectivity index (χ3n) is 4.76. The van der Waals surface area contributed by atoms with Crippen LogP contribution in [0, 0.1) is 0 Å². The third-order valence-corrected chi connectivity index (χ3v) is 4.76. The number of nitrogens with zero attached hydrogens (tertiary/aromatic N) is 4. The van der Waals surface area contributed by atoms with Gasteiger partial charge in [-0.05, 0) is 44.2 Å². The van der Waals surface area contributed by atoms with Crippen molar-refractivity contribution in [2.75, 3.05) is 4.90 Å². The molecule has 0 bridgehead atoms. The second-order valence-electron chi connectivity index (χ2n) is 7.13. The van der Waals surface area contributed by atoms with Crippen molar-refractivity contribution < 1.29 is 4.79 Å². The number of pyridine rings is 1. The van der Waals surface area contributed by atoms with E-state index in [9.17, 15) is 4.79 Å². The van der Waals surface area contributed by atoms with Gasteiger partial charge in [0.15, 0.2) is 0 Å². The van der Waals surface area contributed by atoms with Gasteiger partial charge in [0.05, 0.1) is 42.1 Å². The summed E-state index contributed by atoms with van der Waals surface area (Å²) < 4.78 is 0. The first-order valence-corrected chi connectivity index (χ1v) is 9.40. The summed E-state index contributed by atoms with van der Waals surface area (Å²) in [6.45, 7) is 5.44. The molecular weight excluding hydrogens is 350 g/mol. The lowest BCUT2D eigenvalue weighted by atomic mass is 10.1. The van der Waals surface area contributed by atoms with Crippen molar-refractivity contribution in [3.63, 3.8) is 0 Å². The number of benzene rings is 1. The Bertz CT molecular complexity index is 976. The van der Waals surface area contributed by atoms with Crippen molar-refractivity contribution >= 4 is 17.7 Å². The van der Waals surface area contributed by atoms with E-state index >= 15 is 0 Å². The van der Waals surface area contributed by atoms with Crippen LogP contribution in [0.1, 0.15) is 41.3 Å². The van der Waals surface area contributed by atoms with E-state index in [0.29, 0.717) is 12.1 Å². The van der Waals surface area contributed by atoms with E-state index in [1.807, 2.05) is 68.6 Å². The average molecular weight is 373 g/mol. The molecule has 0 saturated heterocycles. The Morgan fingerprint density at radius 1 is 1.18 bits per heavy atom. The highest BCUT2D eigenvalue weighted by Crippen LogP contribution is 2.21. The molecule has 6 heteroatoms. The van der Waals surface area contributed by atoms with Crippen molar-refractivity contribution in [3.05, 3.63) is 83.8 Å². The summed E-state index contributed by atoms with van der Waals surface area (Å²) in [5, 5.41) is 0. The van der Waals surface area contributed by atoms with Crippen LogP contribution in [-0.4, -0.2) is 31.8 Å². The lowest BCUT2D eigenvalue weighted by Gasteiger charge is -2.27. The summed E-state index contributed by atoms with van der Waals surface area (Å²) >= 11 is 0. The molecule has 1 N–H and O–H groups in total. The van der Waals surface area contributed by atoms with Gasteiger partial charge in [0.25, 0.3) is 5.91 Å². The molecule has 0 atom stereocenters. The Morgan fingerprint density at radius 2 is 2.00 bits per heavy atom. The molecule has 0 saturated carbocycles. The highest BCUT2D eigenvalue weighted by atomic mass is 16.2. The molecule has 1 aromatic carbocycles. The van der Waals surface area contributed by atoms with Crippen LogP contribution < -0.4 is 4.90 Å². The second-order valence-corrected chi connectivity index (χ2v) is 7.13. The maximum atomic E-state index is 13.0. The summed E-state index contributed by atoms with van der Waals surface area (Å²) in [6.07, 6.45) is 7.44. The fourth-order valence-corrected chi connectivity index (χ4v) is 3.37. The molecule has 1 amide bonds. The predicted octanol–water partition coefficient (Wildman–Crippen LogP) is 3.85. The number of para-hydroxylation sites is 1. The van der Waals surface area contributed by atoms with Gasteiger partial charge in [-0.25, -0.2) is 4.98 Å². The van der Waals surface area contributed by atoms with E-state index in [2.05, 4.69) is 19.9 Å². The number of H-pyrrole nitrogens is 1. The summed E-state index contributed by atoms with van der Waals surface area (Å²) in [5.41, 5.74) is 4.48. The van der Waals surface area contributed by atoms with Crippen molar-refractivity contribution in [3.8, 4) is 0 Å². The summed E-state index contributed by atoms with van der Waals surface area (Å²) in [4.78, 5) is 29.0. The van der Waals surface area contributed by atoms with Gasteiger partial charge in [0.1, 0.15) is 0 Å². The molecule has 28 heavy (non-hydrogen) atoms. The minimum Gasteiger partial charge on any atom is -0.366 e. The molecule has 0 fully saturated rings. The molecule has 2 aromatic heterocycles. The molecule has 3 heterocycles. The van der Waals surface area contributed by atoms with Gasteiger partial charge in [0, 0.05) is 24.1 Å². The quantitative estimate of drug-likeness (QED) is 0.738. The van der Waals surface area contributed by atoms with Crippen LogP contribution in [-0.2, 0) is 13.1 Å². The number of nitrogens with one attached hydrogen (secondary N) is 1. The zero-order valence-corrected chi connectivity index (χ0v) is 16.0. The zero-order chi connectivity index (χ0) is 19.5. The van der Waals surface area contributed by atoms with E-state index < -0.39 is 0 Å². The van der Waals surface area contributed by atoms with E-state index in [0.717, 1.165) is 29.3 Å². The maximum absolute atomic E-state index is 13.0. The fourth-order valence-electron chi connectivity index (χ4n) is 3.37. The molecule has 1 aliphatic rings. The van der Waals surface area contributed by atoms with Crippen LogP contribution in [0.5, 0.6) is 0 Å². The predicted molar refractivity (Wildman–Crippen MR) is 109 cm³/mol. The fraction of sp³-hybridized carbons (Fsp3) is 0.227. The lowest BCUT2D eigenvalue weighted by Crippen LogP contribution is -2.37. The highest BCUT2D eigenvalue weighted by molar-refractivity contribution is 6.06. The lowest BCUT2D eigenvalue weighted by molar-refractivity contribution is 0.0980. The monoisotopic (exact) mass is 373 g/mol. The zero-order valence-electron chi connectivity index (χ0n) is 16.0. The molecule has 142 valence electrons. The SMILES string of the molecule is CC(C)N(C(=O)c1ccc(CN2C=Cc3[nH]cnc3C2)nc1)c1ccccc1. The first-order valence-electron chi connectivity index (χ1n) is 9.40. The van der Waals surface area contributed by atoms with E-state index in [4.69, 9.17) is 0 Å². The average Bonchev–Trinajstić information content (AvgIpc) is 3.17. The number of aromatic amines is 1. The molecular formula is C22H23N5O. The van der Waals surface area contributed by atoms with E-state index in [1.54, 1.807) is 17.4 Å². The number of anilines is 1. The van der Waals surface area contributed by atoms with Gasteiger partial charge < -0.3 is 14.8 Å². The Morgan fingerprint density at radius 3 is 2.71 bits per heavy atom. The molecule has 4 rings (SSSR count). The molecule has 1 aliphatic heterocycles. The smallest absolute Gasteiger partial charge is 0.260 e. The van der Waals surface area contributed by atoms with Crippen LogP contribution in [0.3, 0.4) is 0 Å². The molecule has 3 aromatic rings. The number of rotatable bonds is 5. The van der Waals surface area contributed by atoms with Crippen LogP contribution in [0.4, 0.5) is 5.69 Å². The number of carbonyl (C=O) groups is 1. The number of amides is 1. The first-order chi connectivity index (χ1) is 13.6. The Kier molecular flexibility index (Phi) is 4.93. The number of carbonyl (C=O) groups excluding carboxylic acids is 1. The normalized spacial score (nSPS) is 12.9. The van der Waals surface area contributed by atoms with Crippen molar-refractivity contribution in [1.82, 2.24) is 19.9 Å². The van der Waals surface area contributed by atoms with E-state index in [-0.39, 0.29) is 11.9 Å². The Labute approximate surface area is 164 Å². The van der Waals surface area contributed by atoms with Crippen molar-refractivity contribution in [1.29, 1.82) is 0 Å². The van der Waals surface area contributed by atoms with Crippen LogP contribution in [0.25, 0.3) is 6.08 Å². The standard InChI is InChI=1S/C22H23N5O/c1-16(2)27(19-6-4-3-5-7-19)22(28)17-8-9-18(23-12-17)13-26-11-10-20-21(14-26)25-15-24-20/h3-12,15-16H,13-14H2,1-2H3,(H,24,25). The Hall–Kier alpha value is -3.41. The molecule has 0 radical (unpaired) electrons. The second kappa shape index (κ2) is 7.68. The van der Waals surface area contributed by atoms with Crippen molar-refractivity contribution in [2.45, 2.75) is 33.0 Å². The minimum absolute atomic E-state index is 0.0423. The Balaban J connectivity index is 1.47. The van der Waals surface area contributed by atoms with Gasteiger partial charge in [-0.2, -0.15) is 0 Å². The minimum atomic E-state index is -0.0423. The summed E-state index contributed by atoms with van der Waals surface area (Å²) in [7, 11) is 0. The maximum Gasteiger partial charge on any atom is 0.260 e. The number of imidazole rings is 1. The topological polar surface area (TPSA) is 65.1 Å². The molecule has 6 nitrogen and oxygen atoms in total. The highest BCUT2D eigenvalue weighted by Gasteiger charge is 2.21. The third kappa shape index (κ3) is 3.67. The van der Waals surface area contributed by atoms with Crippen LogP contribution >= 0.6 is 0 Å². The van der Waals surface area contributed by atoms with Crippen LogP contribution in [0.2, 0.25) is 0 Å². The van der Waals surface area contributed by atoms with Gasteiger partial charge in [-0.15, -0.1) is 0 Å². The van der Waals surface area contributed by atoms with Gasteiger partial charge in [0.2, 0.25) is 0 Å². The van der Waals surface area contributed by atoms with E-state index in [1.165, 1.54) is 0 Å². The van der Waals surface area contributed by atoms with Gasteiger partial charge in [-0.3, -0.25) is 9.78 Å². The first kappa shape index (κ1) is 18.0. The number of aromatic nitrogens is 3. The number of hydrogen-bond donors (Lipinski definition) is 1. The summed E-state index contributed by atoms with van der Waals surface area (Å²) in [5.74, 6) is -0.0423. The molecule has 0 spiro atoms. The molecule has 0 unspecified atom stereocenters. The molecule has 0 aliphatic carbocycles. The number of fused-ring (bicyclic) bond motifs is 1. The largest absolute Gasteiger partial charge is 0.366 e. The summed E-state index contributed by atoms with van der Waals surface area (Å²) in [6, 6.07) is 13.6. The van der Waals surface area contributed by atoms with Gasteiger partial charge in [-0.1, -0.05) is 18.2 Å². The van der Waals surface area contributed by atoms with Crippen molar-refractivity contribution in [2.24, 2.45) is 0 Å². The van der Waals surface area contributed by atoms with Gasteiger partial charge >= 0.3 is 0 Å². The number of hydrogen-bond acceptors (Lipinski definition) is 4.